The number of fused-ring (bicyclic) bond motifs is 1. The van der Waals surface area contributed by atoms with Gasteiger partial charge in [-0.3, -0.25) is 9.59 Å². The number of amides is 1. The molecule has 2 aromatic rings. The van der Waals surface area contributed by atoms with E-state index in [0.717, 1.165) is 19.5 Å². The summed E-state index contributed by atoms with van der Waals surface area (Å²) in [6.07, 6.45) is 2.41. The van der Waals surface area contributed by atoms with Crippen LogP contribution in [0.4, 0.5) is 0 Å². The zero-order valence-electron chi connectivity index (χ0n) is 13.0. The molecule has 1 unspecified atom stereocenters. The molecule has 0 spiro atoms. The summed E-state index contributed by atoms with van der Waals surface area (Å²) in [5, 5.41) is 14.6. The second kappa shape index (κ2) is 7.32. The second-order valence-corrected chi connectivity index (χ2v) is 5.88. The Balaban J connectivity index is 1.50. The van der Waals surface area contributed by atoms with E-state index < -0.39 is 0 Å². The summed E-state index contributed by atoms with van der Waals surface area (Å²) in [6.45, 7) is 3.04. The number of hydrogen-bond donors (Lipinski definition) is 2. The zero-order valence-corrected chi connectivity index (χ0v) is 13.0. The second-order valence-electron chi connectivity index (χ2n) is 5.88. The fraction of sp³-hybridized carbons (Fsp3) is 0.500. The maximum absolute atomic E-state index is 12.3. The van der Waals surface area contributed by atoms with Crippen LogP contribution >= 0.6 is 0 Å². The van der Waals surface area contributed by atoms with Crippen molar-refractivity contribution in [2.24, 2.45) is 5.92 Å². The van der Waals surface area contributed by atoms with Gasteiger partial charge in [-0.15, -0.1) is 5.10 Å². The van der Waals surface area contributed by atoms with Crippen molar-refractivity contribution in [3.05, 3.63) is 34.6 Å². The Morgan fingerprint density at radius 1 is 1.39 bits per heavy atom. The van der Waals surface area contributed by atoms with Gasteiger partial charge in [-0.2, -0.15) is 0 Å². The molecule has 1 aliphatic heterocycles. The lowest BCUT2D eigenvalue weighted by Crippen LogP contribution is -2.30. The van der Waals surface area contributed by atoms with E-state index in [9.17, 15) is 9.59 Å². The molecule has 23 heavy (non-hydrogen) atoms. The SMILES string of the molecule is O=C(CCn1nnc2ccccc2c1=O)NCCC1CCNC1. The molecule has 1 fully saturated rings. The van der Waals surface area contributed by atoms with E-state index in [-0.39, 0.29) is 24.4 Å². The first-order valence-corrected chi connectivity index (χ1v) is 8.04. The summed E-state index contributed by atoms with van der Waals surface area (Å²) in [4.78, 5) is 24.1. The Bertz CT molecular complexity index is 737. The molecule has 1 aromatic heterocycles. The summed E-state index contributed by atoms with van der Waals surface area (Å²) in [7, 11) is 0. The smallest absolute Gasteiger partial charge is 0.277 e. The van der Waals surface area contributed by atoms with Gasteiger partial charge in [0, 0.05) is 13.0 Å². The maximum atomic E-state index is 12.3. The molecule has 1 aromatic carbocycles. The molecule has 0 aliphatic carbocycles. The van der Waals surface area contributed by atoms with Gasteiger partial charge in [0.2, 0.25) is 5.91 Å². The molecule has 7 heteroatoms. The Morgan fingerprint density at radius 2 is 2.26 bits per heavy atom. The summed E-state index contributed by atoms with van der Waals surface area (Å²) in [5.74, 6) is 0.599. The number of carbonyl (C=O) groups is 1. The Labute approximate surface area is 134 Å². The number of rotatable bonds is 6. The minimum Gasteiger partial charge on any atom is -0.356 e. The Hall–Kier alpha value is -2.28. The first kappa shape index (κ1) is 15.6. The monoisotopic (exact) mass is 315 g/mol. The van der Waals surface area contributed by atoms with Gasteiger partial charge in [0.05, 0.1) is 11.9 Å². The molecule has 0 saturated carbocycles. The summed E-state index contributed by atoms with van der Waals surface area (Å²) < 4.78 is 1.25. The average molecular weight is 315 g/mol. The molecular weight excluding hydrogens is 294 g/mol. The normalized spacial score (nSPS) is 17.5. The van der Waals surface area contributed by atoms with Crippen molar-refractivity contribution in [3.63, 3.8) is 0 Å². The van der Waals surface area contributed by atoms with Crippen molar-refractivity contribution in [2.75, 3.05) is 19.6 Å². The van der Waals surface area contributed by atoms with Crippen molar-refractivity contribution in [2.45, 2.75) is 25.8 Å². The maximum Gasteiger partial charge on any atom is 0.277 e. The molecule has 1 saturated heterocycles. The van der Waals surface area contributed by atoms with Crippen molar-refractivity contribution in [1.29, 1.82) is 0 Å². The lowest BCUT2D eigenvalue weighted by molar-refractivity contribution is -0.121. The first-order valence-electron chi connectivity index (χ1n) is 8.04. The number of hydrogen-bond acceptors (Lipinski definition) is 5. The largest absolute Gasteiger partial charge is 0.356 e. The van der Waals surface area contributed by atoms with Crippen molar-refractivity contribution in [1.82, 2.24) is 25.6 Å². The minimum atomic E-state index is -0.208. The van der Waals surface area contributed by atoms with E-state index in [4.69, 9.17) is 0 Å². The lowest BCUT2D eigenvalue weighted by atomic mass is 10.1. The molecule has 2 heterocycles. The third kappa shape index (κ3) is 3.92. The van der Waals surface area contributed by atoms with E-state index in [1.165, 1.54) is 11.1 Å². The van der Waals surface area contributed by atoms with Gasteiger partial charge in [0.25, 0.3) is 5.56 Å². The molecule has 7 nitrogen and oxygen atoms in total. The van der Waals surface area contributed by atoms with E-state index in [2.05, 4.69) is 20.9 Å². The van der Waals surface area contributed by atoms with Gasteiger partial charge in [0.1, 0.15) is 5.52 Å². The van der Waals surface area contributed by atoms with E-state index in [0.29, 0.717) is 23.4 Å². The van der Waals surface area contributed by atoms with E-state index in [1.54, 1.807) is 18.2 Å². The van der Waals surface area contributed by atoms with Crippen molar-refractivity contribution < 1.29 is 4.79 Å². The number of aromatic nitrogens is 3. The van der Waals surface area contributed by atoms with Gasteiger partial charge in [-0.05, 0) is 44.0 Å². The molecule has 1 aliphatic rings. The lowest BCUT2D eigenvalue weighted by Gasteiger charge is -2.09. The van der Waals surface area contributed by atoms with Crippen LogP contribution in [0.25, 0.3) is 10.9 Å². The Kier molecular flexibility index (Phi) is 4.97. The predicted octanol–water partition coefficient (Wildman–Crippen LogP) is 0.297. The number of aryl methyl sites for hydroxylation is 1. The van der Waals surface area contributed by atoms with Crippen LogP contribution < -0.4 is 16.2 Å². The molecular formula is C16H21N5O2. The molecule has 1 atom stereocenters. The van der Waals surface area contributed by atoms with Gasteiger partial charge >= 0.3 is 0 Å². The number of nitrogens with one attached hydrogen (secondary N) is 2. The zero-order chi connectivity index (χ0) is 16.1. The molecule has 3 rings (SSSR count). The molecule has 0 radical (unpaired) electrons. The fourth-order valence-electron chi connectivity index (χ4n) is 2.84. The van der Waals surface area contributed by atoms with Crippen LogP contribution in [0.5, 0.6) is 0 Å². The van der Waals surface area contributed by atoms with Crippen LogP contribution in [-0.4, -0.2) is 40.5 Å². The van der Waals surface area contributed by atoms with E-state index in [1.807, 2.05) is 6.07 Å². The van der Waals surface area contributed by atoms with Crippen molar-refractivity contribution in [3.8, 4) is 0 Å². The quantitative estimate of drug-likeness (QED) is 0.800. The molecule has 1 amide bonds. The third-order valence-electron chi connectivity index (χ3n) is 4.22. The van der Waals surface area contributed by atoms with Crippen LogP contribution in [0.3, 0.4) is 0 Å². The highest BCUT2D eigenvalue weighted by atomic mass is 16.2. The number of carbonyl (C=O) groups excluding carboxylic acids is 1. The summed E-state index contributed by atoms with van der Waals surface area (Å²) in [6, 6.07) is 7.08. The Morgan fingerprint density at radius 3 is 3.09 bits per heavy atom. The number of nitrogens with zero attached hydrogens (tertiary/aromatic N) is 3. The van der Waals surface area contributed by atoms with Crippen LogP contribution in [0, 0.1) is 5.92 Å². The fourth-order valence-corrected chi connectivity index (χ4v) is 2.84. The highest BCUT2D eigenvalue weighted by molar-refractivity contribution is 5.77. The molecule has 122 valence electrons. The number of benzene rings is 1. The van der Waals surface area contributed by atoms with Crippen molar-refractivity contribution >= 4 is 16.8 Å². The first-order chi connectivity index (χ1) is 11.2. The van der Waals surface area contributed by atoms with Gasteiger partial charge in [-0.25, -0.2) is 4.68 Å². The average Bonchev–Trinajstić information content (AvgIpc) is 3.08. The third-order valence-corrected chi connectivity index (χ3v) is 4.22. The summed E-state index contributed by atoms with van der Waals surface area (Å²) in [5.41, 5.74) is 0.365. The van der Waals surface area contributed by atoms with Crippen LogP contribution in [-0.2, 0) is 11.3 Å². The topological polar surface area (TPSA) is 88.9 Å². The van der Waals surface area contributed by atoms with Crippen LogP contribution in [0.1, 0.15) is 19.3 Å². The highest BCUT2D eigenvalue weighted by Crippen LogP contribution is 2.10. The predicted molar refractivity (Wildman–Crippen MR) is 87.0 cm³/mol. The minimum absolute atomic E-state index is 0.0576. The van der Waals surface area contributed by atoms with Gasteiger partial charge in [0.15, 0.2) is 0 Å². The molecule has 2 N–H and O–H groups in total. The summed E-state index contributed by atoms with van der Waals surface area (Å²) >= 11 is 0. The van der Waals surface area contributed by atoms with Crippen LogP contribution in [0.15, 0.2) is 29.1 Å². The standard InChI is InChI=1S/C16H21N5O2/c22-15(18-9-6-12-5-8-17-11-12)7-10-21-16(23)13-3-1-2-4-14(13)19-20-21/h1-4,12,17H,5-11H2,(H,18,22). The van der Waals surface area contributed by atoms with Crippen LogP contribution in [0.2, 0.25) is 0 Å². The van der Waals surface area contributed by atoms with E-state index >= 15 is 0 Å². The molecule has 0 bridgehead atoms. The van der Waals surface area contributed by atoms with Gasteiger partial charge < -0.3 is 10.6 Å². The highest BCUT2D eigenvalue weighted by Gasteiger charge is 2.14. The van der Waals surface area contributed by atoms with Gasteiger partial charge in [-0.1, -0.05) is 17.3 Å².